The van der Waals surface area contributed by atoms with E-state index in [1.54, 1.807) is 12.1 Å². The number of likely N-dealkylation sites (tertiary alicyclic amines) is 1. The molecule has 0 unspecified atom stereocenters. The molecule has 0 aromatic heterocycles. The molecule has 3 fully saturated rings. The molecule has 7 rings (SSSR count). The Kier molecular flexibility index (Phi) is 7.79. The molecule has 3 aromatic rings. The van der Waals surface area contributed by atoms with Crippen molar-refractivity contribution in [3.63, 3.8) is 0 Å². The van der Waals surface area contributed by atoms with E-state index in [0.29, 0.717) is 5.56 Å². The number of allylic oxidation sites excluding steroid dienone is 2. The average Bonchev–Trinajstić information content (AvgIpc) is 3.42. The zero-order valence-electron chi connectivity index (χ0n) is 25.2. The lowest BCUT2D eigenvalue weighted by Gasteiger charge is -2.50. The molecule has 260 valence electrons. The molecule has 0 radical (unpaired) electrons. The summed E-state index contributed by atoms with van der Waals surface area (Å²) in [5, 5.41) is 20.5. The van der Waals surface area contributed by atoms with Crippen LogP contribution in [0.15, 0.2) is 54.1 Å². The minimum Gasteiger partial charge on any atom is -0.508 e. The Morgan fingerprint density at radius 2 is 1.40 bits per heavy atom. The van der Waals surface area contributed by atoms with Crippen LogP contribution in [-0.2, 0) is 25.6 Å². The van der Waals surface area contributed by atoms with Gasteiger partial charge in [-0.15, -0.1) is 23.2 Å². The number of fused-ring (bicyclic) bond motifs is 4. The highest BCUT2D eigenvalue weighted by Crippen LogP contribution is 2.66. The maximum absolute atomic E-state index is 15.1. The van der Waals surface area contributed by atoms with E-state index in [4.69, 9.17) is 23.2 Å². The van der Waals surface area contributed by atoms with Crippen LogP contribution in [0, 0.1) is 52.7 Å². The summed E-state index contributed by atoms with van der Waals surface area (Å²) < 4.78 is 87.8. The van der Waals surface area contributed by atoms with Crippen LogP contribution in [0.5, 0.6) is 11.5 Å². The largest absolute Gasteiger partial charge is 0.508 e. The average molecular weight is 739 g/mol. The number of alkyl halides is 2. The number of phenolic OH excluding ortho intramolecular Hbond substituents is 2. The topological polar surface area (TPSA) is 115 Å². The van der Waals surface area contributed by atoms with Crippen LogP contribution < -0.4 is 4.90 Å². The van der Waals surface area contributed by atoms with Gasteiger partial charge in [-0.05, 0) is 48.9 Å². The number of aromatic hydroxyl groups is 2. The van der Waals surface area contributed by atoms with E-state index in [1.807, 2.05) is 0 Å². The summed E-state index contributed by atoms with van der Waals surface area (Å²) in [6.07, 6.45) is 0.791. The van der Waals surface area contributed by atoms with Crippen molar-refractivity contribution in [2.24, 2.45) is 17.8 Å². The molecule has 6 atom stereocenters. The number of amides is 4. The summed E-state index contributed by atoms with van der Waals surface area (Å²) in [4.78, 5) is 51.0. The Bertz CT molecular complexity index is 2050. The van der Waals surface area contributed by atoms with Crippen molar-refractivity contribution in [2.75, 3.05) is 11.4 Å². The van der Waals surface area contributed by atoms with Gasteiger partial charge in [-0.3, -0.25) is 24.1 Å². The van der Waals surface area contributed by atoms with Crippen LogP contribution in [0.1, 0.15) is 29.9 Å². The fraction of sp³-hybridized carbons (Fsp3) is 0.294. The Labute approximate surface area is 288 Å². The van der Waals surface area contributed by atoms with Crippen molar-refractivity contribution in [2.45, 2.75) is 34.9 Å². The third-order valence-electron chi connectivity index (χ3n) is 10.2. The fourth-order valence-corrected chi connectivity index (χ4v) is 8.79. The standard InChI is InChI=1S/C34H22Cl2F6N2O6/c35-33-12-18-15(8-9-16-20(18)30(48)43(29(16)47)11-10-13-4-6-14(45)7-5-13)21(17-2-1-3-19(37)28(17)46)34(33,36)32(50)44(31(33)49)27-25(41)23(39)22(38)24(40)26(27)42/h1-8,16,18,20-21,45-46H,9-12H2/t16-,18+,20-,21+,33+,34-/m0/s1. The SMILES string of the molecule is O=C1[C@H]2[C@H](CC=C3[C@H]2C[C@@]2(Cl)C(=O)N(c4c(F)c(F)c(F)c(F)c4F)C(=O)[C@@]2(Cl)[C@H]3c2cccc(F)c2O)C(=O)N1CCc1ccc(O)cc1. The normalized spacial score (nSPS) is 28.9. The van der Waals surface area contributed by atoms with Gasteiger partial charge in [0.05, 0.1) is 11.8 Å². The van der Waals surface area contributed by atoms with Gasteiger partial charge in [-0.25, -0.2) is 31.2 Å². The predicted octanol–water partition coefficient (Wildman–Crippen LogP) is 5.74. The lowest BCUT2D eigenvalue weighted by atomic mass is 9.56. The zero-order valence-corrected chi connectivity index (χ0v) is 26.7. The highest BCUT2D eigenvalue weighted by atomic mass is 35.5. The van der Waals surface area contributed by atoms with Gasteiger partial charge in [-0.2, -0.15) is 0 Å². The molecule has 2 heterocycles. The molecule has 2 N–H and O–H groups in total. The van der Waals surface area contributed by atoms with E-state index in [2.05, 4.69) is 0 Å². The van der Waals surface area contributed by atoms with Crippen molar-refractivity contribution < 1.29 is 55.7 Å². The number of halogens is 8. The molecule has 16 heteroatoms. The predicted molar refractivity (Wildman–Crippen MR) is 163 cm³/mol. The van der Waals surface area contributed by atoms with Gasteiger partial charge in [0, 0.05) is 18.0 Å². The fourth-order valence-electron chi connectivity index (χ4n) is 7.87. The molecule has 4 amide bonds. The van der Waals surface area contributed by atoms with E-state index < -0.39 is 115 Å². The number of benzene rings is 3. The number of hydrogen-bond acceptors (Lipinski definition) is 6. The molecule has 2 aliphatic heterocycles. The third kappa shape index (κ3) is 4.39. The summed E-state index contributed by atoms with van der Waals surface area (Å²) in [5.41, 5.74) is -1.62. The Hall–Kier alpha value is -4.56. The Morgan fingerprint density at radius 3 is 2.04 bits per heavy atom. The van der Waals surface area contributed by atoms with Crippen LogP contribution >= 0.6 is 23.2 Å². The van der Waals surface area contributed by atoms with Gasteiger partial charge in [0.15, 0.2) is 44.6 Å². The molecule has 2 aliphatic carbocycles. The Balaban J connectivity index is 1.37. The van der Waals surface area contributed by atoms with Crippen LogP contribution in [0.25, 0.3) is 0 Å². The lowest BCUT2D eigenvalue weighted by Crippen LogP contribution is -2.60. The first-order valence-electron chi connectivity index (χ1n) is 15.1. The summed E-state index contributed by atoms with van der Waals surface area (Å²) in [6, 6.07) is 9.15. The van der Waals surface area contributed by atoms with E-state index >= 15 is 8.78 Å². The molecule has 0 bridgehead atoms. The molecular formula is C34H22Cl2F6N2O6. The lowest BCUT2D eigenvalue weighted by molar-refractivity contribution is -0.140. The molecule has 0 spiro atoms. The number of phenols is 2. The minimum absolute atomic E-state index is 0.00642. The second-order valence-electron chi connectivity index (χ2n) is 12.6. The van der Waals surface area contributed by atoms with Crippen LogP contribution in [0.4, 0.5) is 32.0 Å². The molecular weight excluding hydrogens is 717 g/mol. The van der Waals surface area contributed by atoms with Crippen molar-refractivity contribution in [3.8, 4) is 11.5 Å². The number of anilines is 1. The smallest absolute Gasteiger partial charge is 0.258 e. The highest BCUT2D eigenvalue weighted by Gasteiger charge is 2.77. The van der Waals surface area contributed by atoms with Crippen LogP contribution in [-0.4, -0.2) is 55.0 Å². The first-order chi connectivity index (χ1) is 23.6. The number of carbonyl (C=O) groups excluding carboxylic acids is 4. The molecule has 50 heavy (non-hydrogen) atoms. The minimum atomic E-state index is -2.89. The van der Waals surface area contributed by atoms with Gasteiger partial charge in [0.25, 0.3) is 11.8 Å². The van der Waals surface area contributed by atoms with Crippen molar-refractivity contribution in [3.05, 3.63) is 100 Å². The number of carbonyl (C=O) groups is 4. The maximum Gasteiger partial charge on any atom is 0.258 e. The molecule has 2 saturated heterocycles. The van der Waals surface area contributed by atoms with E-state index in [0.717, 1.165) is 23.1 Å². The first-order valence-corrected chi connectivity index (χ1v) is 15.9. The van der Waals surface area contributed by atoms with Crippen molar-refractivity contribution in [1.82, 2.24) is 4.90 Å². The van der Waals surface area contributed by atoms with Crippen molar-refractivity contribution >= 4 is 52.5 Å². The summed E-state index contributed by atoms with van der Waals surface area (Å²) >= 11 is 14.0. The summed E-state index contributed by atoms with van der Waals surface area (Å²) in [7, 11) is 0. The Morgan fingerprint density at radius 1 is 0.780 bits per heavy atom. The maximum atomic E-state index is 15.1. The number of hydrogen-bond donors (Lipinski definition) is 2. The summed E-state index contributed by atoms with van der Waals surface area (Å²) in [6.45, 7) is -0.0808. The highest BCUT2D eigenvalue weighted by molar-refractivity contribution is 6.58. The van der Waals surface area contributed by atoms with E-state index in [-0.39, 0.29) is 35.6 Å². The zero-order chi connectivity index (χ0) is 36.2. The van der Waals surface area contributed by atoms with E-state index in [1.165, 1.54) is 18.2 Å². The molecule has 3 aromatic carbocycles. The quantitative estimate of drug-likeness (QED) is 0.0863. The molecule has 4 aliphatic rings. The number of rotatable bonds is 5. The second-order valence-corrected chi connectivity index (χ2v) is 13.9. The number of imide groups is 2. The first kappa shape index (κ1) is 33.9. The molecule has 8 nitrogen and oxygen atoms in total. The van der Waals surface area contributed by atoms with E-state index in [9.17, 15) is 47.0 Å². The van der Waals surface area contributed by atoms with Gasteiger partial charge in [0.2, 0.25) is 17.6 Å². The van der Waals surface area contributed by atoms with Crippen LogP contribution in [0.2, 0.25) is 0 Å². The number of para-hydroxylation sites is 1. The van der Waals surface area contributed by atoms with Gasteiger partial charge < -0.3 is 10.2 Å². The second kappa shape index (κ2) is 11.5. The summed E-state index contributed by atoms with van der Waals surface area (Å²) in [5.74, 6) is -24.8. The van der Waals surface area contributed by atoms with Gasteiger partial charge in [-0.1, -0.05) is 35.9 Å². The third-order valence-corrected chi connectivity index (χ3v) is 11.6. The van der Waals surface area contributed by atoms with Crippen LogP contribution in [0.3, 0.4) is 0 Å². The monoisotopic (exact) mass is 738 g/mol. The molecule has 1 saturated carbocycles. The van der Waals surface area contributed by atoms with Crippen molar-refractivity contribution in [1.29, 1.82) is 0 Å². The van der Waals surface area contributed by atoms with Gasteiger partial charge in [0.1, 0.15) is 11.4 Å². The number of nitrogens with zero attached hydrogens (tertiary/aromatic N) is 2. The van der Waals surface area contributed by atoms with Gasteiger partial charge >= 0.3 is 0 Å².